The lowest BCUT2D eigenvalue weighted by Gasteiger charge is -2.12. The van der Waals surface area contributed by atoms with Crippen molar-refractivity contribution in [1.82, 2.24) is 0 Å². The van der Waals surface area contributed by atoms with Crippen molar-refractivity contribution in [2.75, 3.05) is 6.61 Å². The number of para-hydroxylation sites is 1. The molecule has 0 radical (unpaired) electrons. The van der Waals surface area contributed by atoms with Gasteiger partial charge in [-0.1, -0.05) is 42.8 Å². The highest BCUT2D eigenvalue weighted by atomic mass is 35.5. The Hall–Kier alpha value is -2.00. The van der Waals surface area contributed by atoms with Crippen LogP contribution >= 0.6 is 11.6 Å². The molecule has 4 heteroatoms. The second-order valence-electron chi connectivity index (χ2n) is 5.01. The maximum atomic E-state index is 11.5. The number of benzene rings is 2. The van der Waals surface area contributed by atoms with E-state index >= 15 is 0 Å². The van der Waals surface area contributed by atoms with E-state index in [1.807, 2.05) is 56.3 Å². The van der Waals surface area contributed by atoms with Gasteiger partial charge in [0.25, 0.3) is 0 Å². The van der Waals surface area contributed by atoms with Gasteiger partial charge in [-0.3, -0.25) is 4.79 Å². The van der Waals surface area contributed by atoms with Gasteiger partial charge < -0.3 is 9.47 Å². The number of carbonyl (C=O) groups excluding carboxylic acids is 1. The van der Waals surface area contributed by atoms with Crippen molar-refractivity contribution in [1.29, 1.82) is 0 Å². The van der Waals surface area contributed by atoms with Crippen LogP contribution < -0.4 is 4.74 Å². The fourth-order valence-electron chi connectivity index (χ4n) is 2.11. The average molecular weight is 319 g/mol. The van der Waals surface area contributed by atoms with E-state index in [0.717, 1.165) is 5.56 Å². The summed E-state index contributed by atoms with van der Waals surface area (Å²) < 4.78 is 10.7. The van der Waals surface area contributed by atoms with Gasteiger partial charge in [0, 0.05) is 0 Å². The van der Waals surface area contributed by atoms with Crippen molar-refractivity contribution in [3.63, 3.8) is 0 Å². The van der Waals surface area contributed by atoms with Crippen LogP contribution in [0.3, 0.4) is 0 Å². The number of rotatable bonds is 6. The summed E-state index contributed by atoms with van der Waals surface area (Å²) in [5, 5.41) is 0.572. The van der Waals surface area contributed by atoms with Crippen LogP contribution in [0.5, 0.6) is 11.5 Å². The number of carbonyl (C=O) groups is 1. The van der Waals surface area contributed by atoms with E-state index in [2.05, 4.69) is 0 Å². The first-order valence-corrected chi connectivity index (χ1v) is 7.66. The van der Waals surface area contributed by atoms with Crippen LogP contribution in [-0.4, -0.2) is 12.6 Å². The molecular weight excluding hydrogens is 300 g/mol. The Balaban J connectivity index is 2.01. The zero-order chi connectivity index (χ0) is 15.9. The molecule has 0 saturated heterocycles. The molecular formula is C18H19ClO3. The smallest absolute Gasteiger partial charge is 0.306 e. The van der Waals surface area contributed by atoms with E-state index in [4.69, 9.17) is 21.1 Å². The van der Waals surface area contributed by atoms with Crippen LogP contribution in [-0.2, 0) is 9.53 Å². The maximum Gasteiger partial charge on any atom is 0.306 e. The topological polar surface area (TPSA) is 35.5 Å². The van der Waals surface area contributed by atoms with E-state index in [0.29, 0.717) is 29.5 Å². The molecule has 22 heavy (non-hydrogen) atoms. The monoisotopic (exact) mass is 318 g/mol. The molecule has 2 aromatic carbocycles. The van der Waals surface area contributed by atoms with E-state index in [1.165, 1.54) is 0 Å². The van der Waals surface area contributed by atoms with Gasteiger partial charge >= 0.3 is 5.97 Å². The molecule has 0 aromatic heterocycles. The Bertz CT molecular complexity index is 622. The standard InChI is InChI=1S/C18H19ClO3/c1-3-21-18(20)12-13(2)14-8-10-15(11-9-14)22-17-7-5-4-6-16(17)19/h4-11,13H,3,12H2,1-2H3. The summed E-state index contributed by atoms with van der Waals surface area (Å²) >= 11 is 6.07. The number of esters is 1. The Morgan fingerprint density at radius 2 is 1.82 bits per heavy atom. The molecule has 2 aromatic rings. The molecule has 0 fully saturated rings. The minimum atomic E-state index is -0.175. The van der Waals surface area contributed by atoms with Crippen molar-refractivity contribution in [3.05, 3.63) is 59.1 Å². The maximum absolute atomic E-state index is 11.5. The molecule has 0 amide bonds. The van der Waals surface area contributed by atoms with E-state index in [9.17, 15) is 4.79 Å². The first kappa shape index (κ1) is 16.4. The molecule has 1 unspecified atom stereocenters. The molecule has 1 atom stereocenters. The van der Waals surface area contributed by atoms with E-state index in [-0.39, 0.29) is 11.9 Å². The fourth-order valence-corrected chi connectivity index (χ4v) is 2.28. The van der Waals surface area contributed by atoms with Gasteiger partial charge in [-0.05, 0) is 42.7 Å². The molecule has 0 aliphatic rings. The van der Waals surface area contributed by atoms with Crippen LogP contribution in [0.25, 0.3) is 0 Å². The van der Waals surface area contributed by atoms with E-state index in [1.54, 1.807) is 6.07 Å². The molecule has 0 aliphatic heterocycles. The highest BCUT2D eigenvalue weighted by molar-refractivity contribution is 6.32. The van der Waals surface area contributed by atoms with Gasteiger partial charge in [0.1, 0.15) is 11.5 Å². The second kappa shape index (κ2) is 7.85. The molecule has 0 heterocycles. The van der Waals surface area contributed by atoms with Crippen LogP contribution in [0.2, 0.25) is 5.02 Å². The van der Waals surface area contributed by atoms with Gasteiger partial charge in [-0.25, -0.2) is 0 Å². The highest BCUT2D eigenvalue weighted by Gasteiger charge is 2.12. The summed E-state index contributed by atoms with van der Waals surface area (Å²) in [4.78, 5) is 11.5. The summed E-state index contributed by atoms with van der Waals surface area (Å²) in [6.45, 7) is 4.22. The third-order valence-electron chi connectivity index (χ3n) is 3.29. The Kier molecular flexibility index (Phi) is 5.84. The minimum Gasteiger partial charge on any atom is -0.466 e. The molecule has 116 valence electrons. The lowest BCUT2D eigenvalue weighted by molar-refractivity contribution is -0.143. The van der Waals surface area contributed by atoms with Gasteiger partial charge in [-0.2, -0.15) is 0 Å². The Labute approximate surface area is 135 Å². The normalized spacial score (nSPS) is 11.8. The second-order valence-corrected chi connectivity index (χ2v) is 5.42. The molecule has 0 spiro atoms. The van der Waals surface area contributed by atoms with Gasteiger partial charge in [-0.15, -0.1) is 0 Å². The van der Waals surface area contributed by atoms with Crippen LogP contribution in [0.15, 0.2) is 48.5 Å². The number of hydrogen-bond acceptors (Lipinski definition) is 3. The van der Waals surface area contributed by atoms with Crippen LogP contribution in [0.4, 0.5) is 0 Å². The van der Waals surface area contributed by atoms with Gasteiger partial charge in [0.2, 0.25) is 0 Å². The predicted octanol–water partition coefficient (Wildman–Crippen LogP) is 5.19. The Morgan fingerprint density at radius 1 is 1.14 bits per heavy atom. The molecule has 0 bridgehead atoms. The van der Waals surface area contributed by atoms with Crippen molar-refractivity contribution < 1.29 is 14.3 Å². The summed E-state index contributed by atoms with van der Waals surface area (Å²) in [5.74, 6) is 1.26. The first-order valence-electron chi connectivity index (χ1n) is 7.28. The molecule has 3 nitrogen and oxygen atoms in total. The summed E-state index contributed by atoms with van der Waals surface area (Å²) in [5.41, 5.74) is 1.07. The predicted molar refractivity (Wildman–Crippen MR) is 87.6 cm³/mol. The number of halogens is 1. The minimum absolute atomic E-state index is 0.105. The summed E-state index contributed by atoms with van der Waals surface area (Å²) in [7, 11) is 0. The van der Waals surface area contributed by atoms with Gasteiger partial charge in [0.05, 0.1) is 18.1 Å². The molecule has 0 N–H and O–H groups in total. The number of hydrogen-bond donors (Lipinski definition) is 0. The van der Waals surface area contributed by atoms with Gasteiger partial charge in [0.15, 0.2) is 0 Å². The van der Waals surface area contributed by atoms with Crippen molar-refractivity contribution in [2.24, 2.45) is 0 Å². The Morgan fingerprint density at radius 3 is 2.45 bits per heavy atom. The zero-order valence-corrected chi connectivity index (χ0v) is 13.5. The summed E-state index contributed by atoms with van der Waals surface area (Å²) in [6, 6.07) is 15.0. The highest BCUT2D eigenvalue weighted by Crippen LogP contribution is 2.30. The lowest BCUT2D eigenvalue weighted by atomic mass is 9.98. The number of ether oxygens (including phenoxy) is 2. The van der Waals surface area contributed by atoms with E-state index < -0.39 is 0 Å². The molecule has 0 saturated carbocycles. The molecule has 0 aliphatic carbocycles. The first-order chi connectivity index (χ1) is 10.6. The van der Waals surface area contributed by atoms with Crippen LogP contribution in [0.1, 0.15) is 31.7 Å². The van der Waals surface area contributed by atoms with Crippen molar-refractivity contribution in [2.45, 2.75) is 26.2 Å². The third-order valence-corrected chi connectivity index (χ3v) is 3.60. The lowest BCUT2D eigenvalue weighted by Crippen LogP contribution is -2.08. The third kappa shape index (κ3) is 4.50. The van der Waals surface area contributed by atoms with Crippen molar-refractivity contribution in [3.8, 4) is 11.5 Å². The SMILES string of the molecule is CCOC(=O)CC(C)c1ccc(Oc2ccccc2Cl)cc1. The van der Waals surface area contributed by atoms with Crippen LogP contribution in [0, 0.1) is 0 Å². The summed E-state index contributed by atoms with van der Waals surface area (Å²) in [6.07, 6.45) is 0.374. The average Bonchev–Trinajstić information content (AvgIpc) is 2.50. The zero-order valence-electron chi connectivity index (χ0n) is 12.7. The molecule has 2 rings (SSSR count). The van der Waals surface area contributed by atoms with Crippen molar-refractivity contribution >= 4 is 17.6 Å². The largest absolute Gasteiger partial charge is 0.466 e. The fraction of sp³-hybridized carbons (Fsp3) is 0.278. The quantitative estimate of drug-likeness (QED) is 0.688.